The Labute approximate surface area is 158 Å². The minimum absolute atomic E-state index is 0.244. The number of benzene rings is 2. The van der Waals surface area contributed by atoms with Crippen molar-refractivity contribution >= 4 is 10.0 Å². The third-order valence-electron chi connectivity index (χ3n) is 4.17. The van der Waals surface area contributed by atoms with E-state index >= 15 is 0 Å². The zero-order chi connectivity index (χ0) is 19.3. The van der Waals surface area contributed by atoms with Crippen molar-refractivity contribution < 1.29 is 12.8 Å². The summed E-state index contributed by atoms with van der Waals surface area (Å²) in [7, 11) is -3.52. The molecule has 0 aliphatic heterocycles. The molecule has 2 aromatic carbocycles. The van der Waals surface area contributed by atoms with Gasteiger partial charge in [-0.1, -0.05) is 48.0 Å². The number of hydrogen-bond donors (Lipinski definition) is 1. The van der Waals surface area contributed by atoms with Crippen molar-refractivity contribution in [1.82, 2.24) is 9.29 Å². The number of aryl methyl sites for hydroxylation is 2. The molecule has 3 aromatic rings. The molecular weight excluding hydrogens is 364 g/mol. The van der Waals surface area contributed by atoms with Crippen molar-refractivity contribution in [2.75, 3.05) is 6.54 Å². The number of hydrogen-bond acceptors (Lipinski definition) is 4. The Kier molecular flexibility index (Phi) is 5.93. The van der Waals surface area contributed by atoms with Gasteiger partial charge in [-0.15, -0.1) is 0 Å². The summed E-state index contributed by atoms with van der Waals surface area (Å²) in [6.45, 7) is 2.62. The van der Waals surface area contributed by atoms with Crippen LogP contribution < -0.4 is 10.5 Å². The molecule has 0 unspecified atom stereocenters. The molecule has 27 heavy (non-hydrogen) atoms. The molecule has 0 amide bonds. The predicted octanol–water partition coefficient (Wildman–Crippen LogP) is 2.71. The average molecular weight is 386 g/mol. The third kappa shape index (κ3) is 5.18. The molecule has 0 bridgehead atoms. The highest BCUT2D eigenvalue weighted by Gasteiger charge is 2.13. The second-order valence-corrected chi connectivity index (χ2v) is 8.16. The first-order chi connectivity index (χ1) is 12.9. The minimum atomic E-state index is -3.52. The molecule has 0 saturated carbocycles. The molecule has 7 heteroatoms. The standard InChI is InChI=1S/C20H22N2O4S/c1-16-9-11-19(12-10-16)27(24,25)21-13-5-8-18-15-22(20(23)26-18)14-17-6-3-2-4-7-17/h2-4,6-7,9-12,15,21H,5,8,13-14H2,1H3. The predicted molar refractivity (Wildman–Crippen MR) is 103 cm³/mol. The Morgan fingerprint density at radius 3 is 2.44 bits per heavy atom. The molecule has 0 saturated heterocycles. The average Bonchev–Trinajstić information content (AvgIpc) is 2.99. The Morgan fingerprint density at radius 2 is 1.74 bits per heavy atom. The zero-order valence-electron chi connectivity index (χ0n) is 15.1. The van der Waals surface area contributed by atoms with Crippen LogP contribution in [-0.2, 0) is 23.0 Å². The lowest BCUT2D eigenvalue weighted by Gasteiger charge is -2.06. The lowest BCUT2D eigenvalue weighted by molar-refractivity contribution is 0.446. The summed E-state index contributed by atoms with van der Waals surface area (Å²) in [5.74, 6) is 0.138. The lowest BCUT2D eigenvalue weighted by Crippen LogP contribution is -2.25. The van der Waals surface area contributed by atoms with Crippen LogP contribution in [0.3, 0.4) is 0 Å². The molecular formula is C20H22N2O4S. The molecule has 6 nitrogen and oxygen atoms in total. The number of aromatic nitrogens is 1. The summed E-state index contributed by atoms with van der Waals surface area (Å²) < 4.78 is 33.8. The first-order valence-electron chi connectivity index (χ1n) is 8.73. The van der Waals surface area contributed by atoms with Crippen LogP contribution in [0.15, 0.2) is 74.9 Å². The van der Waals surface area contributed by atoms with Gasteiger partial charge in [0.05, 0.1) is 11.4 Å². The van der Waals surface area contributed by atoms with Gasteiger partial charge in [0.1, 0.15) is 5.76 Å². The molecule has 1 N–H and O–H groups in total. The van der Waals surface area contributed by atoms with Crippen LogP contribution in [0, 0.1) is 6.92 Å². The number of nitrogens with zero attached hydrogens (tertiary/aromatic N) is 1. The van der Waals surface area contributed by atoms with Crippen LogP contribution in [0.4, 0.5) is 0 Å². The van der Waals surface area contributed by atoms with Gasteiger partial charge < -0.3 is 4.42 Å². The molecule has 1 heterocycles. The molecule has 3 rings (SSSR count). The number of rotatable bonds is 8. The van der Waals surface area contributed by atoms with Gasteiger partial charge in [-0.3, -0.25) is 4.57 Å². The molecule has 0 radical (unpaired) electrons. The number of nitrogens with one attached hydrogen (secondary N) is 1. The smallest absolute Gasteiger partial charge is 0.413 e. The SMILES string of the molecule is Cc1ccc(S(=O)(=O)NCCCc2cn(Cc3ccccc3)c(=O)o2)cc1. The largest absolute Gasteiger partial charge is 0.419 e. The van der Waals surface area contributed by atoms with E-state index in [2.05, 4.69) is 4.72 Å². The first kappa shape index (κ1) is 19.1. The Morgan fingerprint density at radius 1 is 1.04 bits per heavy atom. The second-order valence-electron chi connectivity index (χ2n) is 6.39. The maximum absolute atomic E-state index is 12.2. The van der Waals surface area contributed by atoms with E-state index in [-0.39, 0.29) is 11.4 Å². The maximum Gasteiger partial charge on any atom is 0.419 e. The molecule has 142 valence electrons. The van der Waals surface area contributed by atoms with E-state index < -0.39 is 15.8 Å². The van der Waals surface area contributed by atoms with E-state index in [0.717, 1.165) is 11.1 Å². The van der Waals surface area contributed by atoms with Crippen LogP contribution in [0.5, 0.6) is 0 Å². The van der Waals surface area contributed by atoms with Crippen LogP contribution in [-0.4, -0.2) is 19.5 Å². The van der Waals surface area contributed by atoms with Gasteiger partial charge in [0.2, 0.25) is 10.0 Å². The molecule has 1 aromatic heterocycles. The minimum Gasteiger partial charge on any atom is -0.413 e. The molecule has 0 aliphatic rings. The van der Waals surface area contributed by atoms with Crippen LogP contribution >= 0.6 is 0 Å². The molecule has 0 fully saturated rings. The summed E-state index contributed by atoms with van der Waals surface area (Å²) in [6, 6.07) is 16.3. The van der Waals surface area contributed by atoms with Crippen LogP contribution in [0.2, 0.25) is 0 Å². The van der Waals surface area contributed by atoms with Gasteiger partial charge in [-0.05, 0) is 31.0 Å². The van der Waals surface area contributed by atoms with Gasteiger partial charge in [0.15, 0.2) is 0 Å². The van der Waals surface area contributed by atoms with E-state index in [1.54, 1.807) is 30.5 Å². The van der Waals surface area contributed by atoms with E-state index in [0.29, 0.717) is 25.1 Å². The van der Waals surface area contributed by atoms with Gasteiger partial charge in [-0.2, -0.15) is 0 Å². The highest BCUT2D eigenvalue weighted by molar-refractivity contribution is 7.89. The normalized spacial score (nSPS) is 11.6. The topological polar surface area (TPSA) is 81.3 Å². The maximum atomic E-state index is 12.2. The summed E-state index contributed by atoms with van der Waals surface area (Å²) in [5, 5.41) is 0. The van der Waals surface area contributed by atoms with Crippen molar-refractivity contribution in [2.45, 2.75) is 31.2 Å². The fourth-order valence-corrected chi connectivity index (χ4v) is 3.77. The highest BCUT2D eigenvalue weighted by Crippen LogP contribution is 2.10. The Balaban J connectivity index is 1.53. The Hall–Kier alpha value is -2.64. The molecule has 0 aliphatic carbocycles. The quantitative estimate of drug-likeness (QED) is 0.604. The van der Waals surface area contributed by atoms with Gasteiger partial charge in [0.25, 0.3) is 0 Å². The highest BCUT2D eigenvalue weighted by atomic mass is 32.2. The fraction of sp³-hybridized carbons (Fsp3) is 0.250. The number of sulfonamides is 1. The van der Waals surface area contributed by atoms with Gasteiger partial charge >= 0.3 is 5.76 Å². The first-order valence-corrected chi connectivity index (χ1v) is 10.2. The van der Waals surface area contributed by atoms with E-state index in [4.69, 9.17) is 4.42 Å². The van der Waals surface area contributed by atoms with E-state index in [1.807, 2.05) is 37.3 Å². The van der Waals surface area contributed by atoms with Crippen molar-refractivity contribution in [3.8, 4) is 0 Å². The molecule has 0 atom stereocenters. The fourth-order valence-electron chi connectivity index (χ4n) is 2.70. The zero-order valence-corrected chi connectivity index (χ0v) is 15.9. The van der Waals surface area contributed by atoms with Crippen LogP contribution in [0.1, 0.15) is 23.3 Å². The number of oxazole rings is 1. The lowest BCUT2D eigenvalue weighted by atomic mass is 10.2. The van der Waals surface area contributed by atoms with E-state index in [1.165, 1.54) is 4.57 Å². The van der Waals surface area contributed by atoms with Crippen molar-refractivity contribution in [1.29, 1.82) is 0 Å². The Bertz CT molecular complexity index is 1040. The van der Waals surface area contributed by atoms with Crippen LogP contribution in [0.25, 0.3) is 0 Å². The summed E-state index contributed by atoms with van der Waals surface area (Å²) in [4.78, 5) is 12.2. The monoisotopic (exact) mass is 386 g/mol. The second kappa shape index (κ2) is 8.37. The van der Waals surface area contributed by atoms with Gasteiger partial charge in [0, 0.05) is 19.2 Å². The van der Waals surface area contributed by atoms with Gasteiger partial charge in [-0.25, -0.2) is 17.9 Å². The van der Waals surface area contributed by atoms with Crippen molar-refractivity contribution in [2.24, 2.45) is 0 Å². The summed E-state index contributed by atoms with van der Waals surface area (Å²) in [5.41, 5.74) is 2.02. The summed E-state index contributed by atoms with van der Waals surface area (Å²) in [6.07, 6.45) is 2.70. The summed E-state index contributed by atoms with van der Waals surface area (Å²) >= 11 is 0. The molecule has 0 spiro atoms. The van der Waals surface area contributed by atoms with E-state index in [9.17, 15) is 13.2 Å². The van der Waals surface area contributed by atoms with Crippen molar-refractivity contribution in [3.63, 3.8) is 0 Å². The van der Waals surface area contributed by atoms with Crippen molar-refractivity contribution in [3.05, 3.63) is 88.2 Å². The third-order valence-corrected chi connectivity index (χ3v) is 5.65.